The van der Waals surface area contributed by atoms with Gasteiger partial charge in [0.2, 0.25) is 0 Å². The molecule has 6 heteroatoms. The van der Waals surface area contributed by atoms with E-state index in [-0.39, 0.29) is 31.1 Å². The van der Waals surface area contributed by atoms with Crippen LogP contribution in [-0.4, -0.2) is 37.2 Å². The Morgan fingerprint density at radius 3 is 1.04 bits per heavy atom. The van der Waals surface area contributed by atoms with Gasteiger partial charge in [-0.25, -0.2) is 0 Å². The minimum atomic E-state index is -0.777. The van der Waals surface area contributed by atoms with Gasteiger partial charge in [0.05, 0.1) is 0 Å². The van der Waals surface area contributed by atoms with E-state index in [1.165, 1.54) is 122 Å². The maximum absolute atomic E-state index is 12.7. The molecule has 0 aliphatic carbocycles. The third kappa shape index (κ3) is 44.6. The largest absolute Gasteiger partial charge is 0.462 e. The van der Waals surface area contributed by atoms with E-state index >= 15 is 0 Å². The molecule has 332 valence electrons. The number of esters is 3. The van der Waals surface area contributed by atoms with E-state index in [2.05, 4.69) is 57.2 Å². The topological polar surface area (TPSA) is 78.9 Å². The molecule has 0 heterocycles. The van der Waals surface area contributed by atoms with Gasteiger partial charge >= 0.3 is 17.9 Å². The molecule has 0 spiro atoms. The standard InChI is InChI=1S/C51H92O6/c1-4-7-10-13-16-19-22-24-25-27-30-33-36-39-42-45-51(54)57-48(46-55-49(52)43-40-37-34-31-28-21-18-15-12-9-6-3)47-56-50(53)44-41-38-35-32-29-26-23-20-17-14-11-8-5-2/h16,19-20,23-25,48H,4-15,17-18,21-22,26-47H2,1-3H3/b19-16-,23-20-,25-24-/t48-/m0/s1. The van der Waals surface area contributed by atoms with Gasteiger partial charge in [-0.1, -0.05) is 192 Å². The molecule has 0 saturated carbocycles. The zero-order chi connectivity index (χ0) is 41.5. The van der Waals surface area contributed by atoms with Crippen molar-refractivity contribution in [1.82, 2.24) is 0 Å². The van der Waals surface area contributed by atoms with Crippen molar-refractivity contribution in [2.24, 2.45) is 0 Å². The first-order chi connectivity index (χ1) is 28.0. The summed E-state index contributed by atoms with van der Waals surface area (Å²) in [4.78, 5) is 37.8. The number of carbonyl (C=O) groups excluding carboxylic acids is 3. The van der Waals surface area contributed by atoms with Crippen molar-refractivity contribution in [2.45, 2.75) is 258 Å². The lowest BCUT2D eigenvalue weighted by atomic mass is 10.1. The number of hydrogen-bond acceptors (Lipinski definition) is 6. The lowest BCUT2D eigenvalue weighted by molar-refractivity contribution is -0.167. The van der Waals surface area contributed by atoms with Crippen LogP contribution in [0.3, 0.4) is 0 Å². The highest BCUT2D eigenvalue weighted by Crippen LogP contribution is 2.14. The molecule has 0 aliphatic rings. The Morgan fingerprint density at radius 2 is 0.632 bits per heavy atom. The van der Waals surface area contributed by atoms with Crippen LogP contribution >= 0.6 is 0 Å². The molecular weight excluding hydrogens is 709 g/mol. The Morgan fingerprint density at radius 1 is 0.351 bits per heavy atom. The molecule has 0 rings (SSSR count). The number of allylic oxidation sites excluding steroid dienone is 6. The molecule has 0 aromatic carbocycles. The predicted molar refractivity (Wildman–Crippen MR) is 242 cm³/mol. The first-order valence-corrected chi connectivity index (χ1v) is 24.5. The quantitative estimate of drug-likeness (QED) is 0.0264. The highest BCUT2D eigenvalue weighted by molar-refractivity contribution is 5.71. The van der Waals surface area contributed by atoms with Gasteiger partial charge in [-0.15, -0.1) is 0 Å². The molecule has 0 N–H and O–H groups in total. The number of unbranched alkanes of at least 4 members (excludes halogenated alkanes) is 27. The van der Waals surface area contributed by atoms with Crippen molar-refractivity contribution in [1.29, 1.82) is 0 Å². The van der Waals surface area contributed by atoms with E-state index in [9.17, 15) is 14.4 Å². The Labute approximate surface area is 353 Å². The van der Waals surface area contributed by atoms with Crippen LogP contribution in [-0.2, 0) is 28.6 Å². The zero-order valence-corrected chi connectivity index (χ0v) is 37.9. The smallest absolute Gasteiger partial charge is 0.306 e. The Bertz CT molecular complexity index is 969. The average Bonchev–Trinajstić information content (AvgIpc) is 3.21. The van der Waals surface area contributed by atoms with E-state index in [0.29, 0.717) is 19.3 Å². The molecular formula is C51H92O6. The monoisotopic (exact) mass is 801 g/mol. The van der Waals surface area contributed by atoms with Crippen LogP contribution in [0.5, 0.6) is 0 Å². The van der Waals surface area contributed by atoms with Gasteiger partial charge < -0.3 is 14.2 Å². The third-order valence-electron chi connectivity index (χ3n) is 10.6. The minimum Gasteiger partial charge on any atom is -0.462 e. The number of ether oxygens (including phenoxy) is 3. The van der Waals surface area contributed by atoms with Crippen molar-refractivity contribution in [3.63, 3.8) is 0 Å². The second-order valence-electron chi connectivity index (χ2n) is 16.4. The highest BCUT2D eigenvalue weighted by Gasteiger charge is 2.19. The van der Waals surface area contributed by atoms with Gasteiger partial charge in [-0.2, -0.15) is 0 Å². The maximum Gasteiger partial charge on any atom is 0.306 e. The van der Waals surface area contributed by atoms with E-state index in [0.717, 1.165) is 89.9 Å². The summed E-state index contributed by atoms with van der Waals surface area (Å²) in [5, 5.41) is 0. The van der Waals surface area contributed by atoms with Crippen molar-refractivity contribution in [3.8, 4) is 0 Å². The lowest BCUT2D eigenvalue weighted by Gasteiger charge is -2.18. The van der Waals surface area contributed by atoms with Crippen molar-refractivity contribution in [2.75, 3.05) is 13.2 Å². The molecule has 0 radical (unpaired) electrons. The van der Waals surface area contributed by atoms with Crippen LogP contribution in [0.25, 0.3) is 0 Å². The molecule has 1 atom stereocenters. The first-order valence-electron chi connectivity index (χ1n) is 24.5. The van der Waals surface area contributed by atoms with E-state index < -0.39 is 6.10 Å². The molecule has 0 bridgehead atoms. The van der Waals surface area contributed by atoms with Crippen LogP contribution in [0.1, 0.15) is 252 Å². The molecule has 0 amide bonds. The summed E-state index contributed by atoms with van der Waals surface area (Å²) in [7, 11) is 0. The van der Waals surface area contributed by atoms with Gasteiger partial charge in [-0.3, -0.25) is 14.4 Å². The second-order valence-corrected chi connectivity index (χ2v) is 16.4. The summed E-state index contributed by atoms with van der Waals surface area (Å²) in [5.74, 6) is -0.896. The highest BCUT2D eigenvalue weighted by atomic mass is 16.6. The maximum atomic E-state index is 12.7. The summed E-state index contributed by atoms with van der Waals surface area (Å²) in [5.41, 5.74) is 0. The summed E-state index contributed by atoms with van der Waals surface area (Å²) in [6, 6.07) is 0. The first kappa shape index (κ1) is 54.6. The minimum absolute atomic E-state index is 0.0781. The van der Waals surface area contributed by atoms with Crippen molar-refractivity contribution < 1.29 is 28.6 Å². The zero-order valence-electron chi connectivity index (χ0n) is 37.9. The van der Waals surface area contributed by atoms with Gasteiger partial charge in [0, 0.05) is 19.3 Å². The van der Waals surface area contributed by atoms with Crippen LogP contribution in [0.15, 0.2) is 36.5 Å². The summed E-state index contributed by atoms with van der Waals surface area (Å²) >= 11 is 0. The van der Waals surface area contributed by atoms with Crippen LogP contribution in [0.2, 0.25) is 0 Å². The molecule has 0 aromatic rings. The number of rotatable bonds is 44. The Balaban J connectivity index is 4.40. The summed E-state index contributed by atoms with van der Waals surface area (Å²) in [6.07, 6.45) is 52.6. The number of carbonyl (C=O) groups is 3. The van der Waals surface area contributed by atoms with Gasteiger partial charge in [0.15, 0.2) is 6.10 Å². The molecule has 0 saturated heterocycles. The molecule has 6 nitrogen and oxygen atoms in total. The fourth-order valence-corrected chi connectivity index (χ4v) is 6.88. The number of hydrogen-bond donors (Lipinski definition) is 0. The summed E-state index contributed by atoms with van der Waals surface area (Å²) in [6.45, 7) is 6.58. The van der Waals surface area contributed by atoms with E-state index in [1.807, 2.05) is 0 Å². The molecule has 0 unspecified atom stereocenters. The second kappa shape index (κ2) is 46.3. The molecule has 0 fully saturated rings. The fourth-order valence-electron chi connectivity index (χ4n) is 6.88. The normalized spacial score (nSPS) is 12.3. The van der Waals surface area contributed by atoms with E-state index in [4.69, 9.17) is 14.2 Å². The predicted octanol–water partition coefficient (Wildman–Crippen LogP) is 15.8. The molecule has 0 aromatic heterocycles. The van der Waals surface area contributed by atoms with Gasteiger partial charge in [-0.05, 0) is 77.0 Å². The van der Waals surface area contributed by atoms with Crippen molar-refractivity contribution >= 4 is 17.9 Å². The average molecular weight is 801 g/mol. The summed E-state index contributed by atoms with van der Waals surface area (Å²) < 4.78 is 16.7. The Hall–Kier alpha value is -2.37. The van der Waals surface area contributed by atoms with Crippen LogP contribution < -0.4 is 0 Å². The molecule has 57 heavy (non-hydrogen) atoms. The lowest BCUT2D eigenvalue weighted by Crippen LogP contribution is -2.30. The van der Waals surface area contributed by atoms with Crippen molar-refractivity contribution in [3.05, 3.63) is 36.5 Å². The fraction of sp³-hybridized carbons (Fsp3) is 0.824. The van der Waals surface area contributed by atoms with Gasteiger partial charge in [0.25, 0.3) is 0 Å². The van der Waals surface area contributed by atoms with Crippen LogP contribution in [0.4, 0.5) is 0 Å². The Kier molecular flexibility index (Phi) is 44.4. The SMILES string of the molecule is CCCCC/C=C\C/C=C\CCCCCCCC(=O)O[C@H](COC(=O)CCCCCCC/C=C\CCCCCC)COC(=O)CCCCCCCCCCCCC. The van der Waals surface area contributed by atoms with E-state index in [1.54, 1.807) is 0 Å². The van der Waals surface area contributed by atoms with Gasteiger partial charge in [0.1, 0.15) is 13.2 Å². The molecule has 0 aliphatic heterocycles. The third-order valence-corrected chi connectivity index (χ3v) is 10.6. The van der Waals surface area contributed by atoms with Crippen LogP contribution in [0, 0.1) is 0 Å².